The zero-order valence-electron chi connectivity index (χ0n) is 26.3. The van der Waals surface area contributed by atoms with Crippen molar-refractivity contribution in [3.8, 4) is 23.0 Å². The van der Waals surface area contributed by atoms with Crippen LogP contribution in [0.3, 0.4) is 0 Å². The summed E-state index contributed by atoms with van der Waals surface area (Å²) in [6.45, 7) is 11.0. The average molecular weight is 629 g/mol. The van der Waals surface area contributed by atoms with Crippen molar-refractivity contribution in [2.75, 3.05) is 0 Å². The second-order valence-electron chi connectivity index (χ2n) is 13.7. The fourth-order valence-corrected chi connectivity index (χ4v) is 7.67. The molecule has 4 N–H and O–H groups in total. The number of aromatic hydroxyl groups is 4. The van der Waals surface area contributed by atoms with Gasteiger partial charge < -0.3 is 20.4 Å². The molecule has 1 saturated carbocycles. The van der Waals surface area contributed by atoms with Crippen LogP contribution in [0.5, 0.6) is 23.0 Å². The van der Waals surface area contributed by atoms with Gasteiger partial charge in [-0.2, -0.15) is 0 Å². The third kappa shape index (κ3) is 6.43. The number of hydrogen-bond donors (Lipinski definition) is 6. The standard InChI is InChI=1S/C38H44O4S2/c1-22-14-29(20-27(34(22)40)17-25-18-32(43)36(42)33(44)19-25)37(3,4)28-10-12-38(5,13-11-28)30-15-23(2)35(41)26(21-30)16-24-6-8-31(39)9-7-24/h6-9,14-15,18-21,28,39-44H,10-13,16-17H2,1-5H3. The second-order valence-corrected chi connectivity index (χ2v) is 14.6. The first-order valence-corrected chi connectivity index (χ1v) is 16.2. The van der Waals surface area contributed by atoms with Gasteiger partial charge in [0.1, 0.15) is 23.0 Å². The molecule has 1 aliphatic rings. The minimum absolute atomic E-state index is 0.0127. The van der Waals surface area contributed by atoms with Gasteiger partial charge in [-0.1, -0.05) is 57.2 Å². The molecule has 44 heavy (non-hydrogen) atoms. The molecule has 0 heterocycles. The highest BCUT2D eigenvalue weighted by atomic mass is 32.1. The highest BCUT2D eigenvalue weighted by Crippen LogP contribution is 2.49. The summed E-state index contributed by atoms with van der Waals surface area (Å²) >= 11 is 8.77. The molecule has 0 spiro atoms. The highest BCUT2D eigenvalue weighted by Gasteiger charge is 2.40. The van der Waals surface area contributed by atoms with Crippen LogP contribution in [0.2, 0.25) is 0 Å². The number of rotatable bonds is 7. The van der Waals surface area contributed by atoms with Gasteiger partial charge >= 0.3 is 0 Å². The summed E-state index contributed by atoms with van der Waals surface area (Å²) in [7, 11) is 0. The Labute approximate surface area is 272 Å². The van der Waals surface area contributed by atoms with Crippen LogP contribution in [0.4, 0.5) is 0 Å². The molecule has 232 valence electrons. The number of phenols is 4. The fourth-order valence-electron chi connectivity index (χ4n) is 7.01. The van der Waals surface area contributed by atoms with E-state index in [1.807, 2.05) is 38.1 Å². The minimum atomic E-state index is -0.0954. The van der Waals surface area contributed by atoms with Gasteiger partial charge in [0.25, 0.3) is 0 Å². The molecule has 5 rings (SSSR count). The Morgan fingerprint density at radius 2 is 1.23 bits per heavy atom. The molecule has 6 heteroatoms. The lowest BCUT2D eigenvalue weighted by Crippen LogP contribution is -2.37. The van der Waals surface area contributed by atoms with Crippen molar-refractivity contribution >= 4 is 25.3 Å². The van der Waals surface area contributed by atoms with E-state index in [2.05, 4.69) is 70.3 Å². The van der Waals surface area contributed by atoms with E-state index in [4.69, 9.17) is 0 Å². The molecule has 0 radical (unpaired) electrons. The maximum Gasteiger partial charge on any atom is 0.142 e. The average Bonchev–Trinajstić information content (AvgIpc) is 2.97. The lowest BCUT2D eigenvalue weighted by molar-refractivity contribution is 0.178. The van der Waals surface area contributed by atoms with Crippen LogP contribution in [0, 0.1) is 19.8 Å². The monoisotopic (exact) mass is 628 g/mol. The van der Waals surface area contributed by atoms with Crippen molar-refractivity contribution in [3.05, 3.63) is 105 Å². The van der Waals surface area contributed by atoms with Crippen molar-refractivity contribution in [1.29, 1.82) is 0 Å². The zero-order chi connectivity index (χ0) is 32.0. The Bertz CT molecular complexity index is 1660. The summed E-state index contributed by atoms with van der Waals surface area (Å²) < 4.78 is 0. The van der Waals surface area contributed by atoms with Gasteiger partial charge in [0.15, 0.2) is 0 Å². The van der Waals surface area contributed by atoms with Crippen molar-refractivity contribution in [2.45, 2.75) is 93.8 Å². The molecular formula is C38H44O4S2. The van der Waals surface area contributed by atoms with E-state index in [1.165, 1.54) is 11.1 Å². The lowest BCUT2D eigenvalue weighted by atomic mass is 9.60. The van der Waals surface area contributed by atoms with Crippen molar-refractivity contribution < 1.29 is 20.4 Å². The third-order valence-corrected chi connectivity index (χ3v) is 10.8. The highest BCUT2D eigenvalue weighted by molar-refractivity contribution is 7.81. The van der Waals surface area contributed by atoms with Crippen molar-refractivity contribution in [3.63, 3.8) is 0 Å². The molecule has 0 aliphatic heterocycles. The van der Waals surface area contributed by atoms with E-state index in [0.717, 1.165) is 59.1 Å². The lowest BCUT2D eigenvalue weighted by Gasteiger charge is -2.44. The first kappa shape index (κ1) is 32.2. The molecule has 0 atom stereocenters. The van der Waals surface area contributed by atoms with Gasteiger partial charge in [0.05, 0.1) is 0 Å². The fraction of sp³-hybridized carbons (Fsp3) is 0.368. The summed E-state index contributed by atoms with van der Waals surface area (Å²) in [6.07, 6.45) is 5.40. The SMILES string of the molecule is Cc1cc(C2(C)CCC(C(C)(C)c3cc(C)c(O)c(Cc4cc(S)c(O)c(S)c4)c3)CC2)cc(Cc2ccc(O)cc2)c1O. The Kier molecular flexibility index (Phi) is 8.99. The van der Waals surface area contributed by atoms with Crippen molar-refractivity contribution in [2.24, 2.45) is 5.92 Å². The molecule has 4 nitrogen and oxygen atoms in total. The van der Waals surface area contributed by atoms with E-state index in [-0.39, 0.29) is 22.3 Å². The smallest absolute Gasteiger partial charge is 0.142 e. The first-order chi connectivity index (χ1) is 20.7. The van der Waals surface area contributed by atoms with Gasteiger partial charge in [0, 0.05) is 22.6 Å². The van der Waals surface area contributed by atoms with E-state index in [0.29, 0.717) is 40.0 Å². The van der Waals surface area contributed by atoms with Crippen LogP contribution in [0.1, 0.15) is 91.0 Å². The summed E-state index contributed by atoms with van der Waals surface area (Å²) in [4.78, 5) is 0.948. The normalized spacial score (nSPS) is 18.8. The van der Waals surface area contributed by atoms with E-state index >= 15 is 0 Å². The van der Waals surface area contributed by atoms with Crippen LogP contribution >= 0.6 is 25.3 Å². The minimum Gasteiger partial charge on any atom is -0.508 e. The van der Waals surface area contributed by atoms with Crippen LogP contribution in [0.25, 0.3) is 0 Å². The predicted molar refractivity (Wildman–Crippen MR) is 184 cm³/mol. The third-order valence-electron chi connectivity index (χ3n) is 10.2. The summed E-state index contributed by atoms with van der Waals surface area (Å²) in [5.74, 6) is 1.44. The van der Waals surface area contributed by atoms with Gasteiger partial charge in [-0.15, -0.1) is 25.3 Å². The Morgan fingerprint density at radius 3 is 1.82 bits per heavy atom. The molecule has 0 amide bonds. The molecule has 0 saturated heterocycles. The van der Waals surface area contributed by atoms with Crippen LogP contribution in [-0.2, 0) is 23.7 Å². The molecule has 4 aromatic rings. The van der Waals surface area contributed by atoms with Crippen molar-refractivity contribution in [1.82, 2.24) is 0 Å². The Morgan fingerprint density at radius 1 is 0.705 bits per heavy atom. The predicted octanol–water partition coefficient (Wildman–Crippen LogP) is 9.31. The Balaban J connectivity index is 1.36. The van der Waals surface area contributed by atoms with Gasteiger partial charge in [-0.3, -0.25) is 0 Å². The molecular weight excluding hydrogens is 585 g/mol. The summed E-state index contributed by atoms with van der Waals surface area (Å²) in [6, 6.07) is 19.5. The first-order valence-electron chi connectivity index (χ1n) is 15.4. The summed E-state index contributed by atoms with van der Waals surface area (Å²) in [5.41, 5.74) is 7.96. The topological polar surface area (TPSA) is 80.9 Å². The van der Waals surface area contributed by atoms with Crippen LogP contribution < -0.4 is 0 Å². The summed E-state index contributed by atoms with van der Waals surface area (Å²) in [5, 5.41) is 41.7. The number of hydrogen-bond acceptors (Lipinski definition) is 6. The molecule has 0 bridgehead atoms. The van der Waals surface area contributed by atoms with E-state index < -0.39 is 0 Å². The second kappa shape index (κ2) is 12.3. The van der Waals surface area contributed by atoms with Gasteiger partial charge in [0.2, 0.25) is 0 Å². The van der Waals surface area contributed by atoms with Crippen LogP contribution in [0.15, 0.2) is 70.5 Å². The molecule has 0 aromatic heterocycles. The van der Waals surface area contributed by atoms with Gasteiger partial charge in [-0.05, 0) is 125 Å². The molecule has 0 unspecified atom stereocenters. The van der Waals surface area contributed by atoms with Gasteiger partial charge in [-0.25, -0.2) is 0 Å². The maximum absolute atomic E-state index is 11.0. The number of benzene rings is 4. The molecule has 1 aliphatic carbocycles. The molecule has 1 fully saturated rings. The largest absolute Gasteiger partial charge is 0.508 e. The van der Waals surface area contributed by atoms with E-state index in [1.54, 1.807) is 12.1 Å². The molecule has 4 aromatic carbocycles. The number of phenolic OH excluding ortho intramolecular Hbond substituents is 4. The van der Waals surface area contributed by atoms with Crippen LogP contribution in [-0.4, -0.2) is 20.4 Å². The van der Waals surface area contributed by atoms with E-state index in [9.17, 15) is 20.4 Å². The Hall–Kier alpha value is -3.22. The number of aryl methyl sites for hydroxylation is 2. The maximum atomic E-state index is 11.0. The number of thiol groups is 2. The quantitative estimate of drug-likeness (QED) is 0.115. The zero-order valence-corrected chi connectivity index (χ0v) is 28.1.